The van der Waals surface area contributed by atoms with E-state index in [2.05, 4.69) is 15.3 Å². The molecule has 0 spiro atoms. The van der Waals surface area contributed by atoms with Crippen molar-refractivity contribution in [1.82, 2.24) is 9.97 Å². The van der Waals surface area contributed by atoms with Gasteiger partial charge < -0.3 is 15.2 Å². The summed E-state index contributed by atoms with van der Waals surface area (Å²) in [6.45, 7) is 6.33. The first-order valence-corrected chi connectivity index (χ1v) is 6.95. The molecule has 0 saturated heterocycles. The van der Waals surface area contributed by atoms with Gasteiger partial charge in [-0.15, -0.1) is 0 Å². The second-order valence-electron chi connectivity index (χ2n) is 5.62. The largest absolute Gasteiger partial charge is 0.475 e. The molecule has 1 aliphatic carbocycles. The lowest BCUT2D eigenvalue weighted by Crippen LogP contribution is -2.34. The van der Waals surface area contributed by atoms with Crippen LogP contribution in [0.15, 0.2) is 6.07 Å². The number of ether oxygens (including phenoxy) is 1. The van der Waals surface area contributed by atoms with Crippen LogP contribution in [-0.2, 0) is 0 Å². The Labute approximate surface area is 114 Å². The monoisotopic (exact) mass is 265 g/mol. The lowest BCUT2D eigenvalue weighted by molar-refractivity contribution is 0.0612. The minimum atomic E-state index is -0.605. The van der Waals surface area contributed by atoms with Gasteiger partial charge in [-0.3, -0.25) is 0 Å². The van der Waals surface area contributed by atoms with Gasteiger partial charge in [0.25, 0.3) is 0 Å². The van der Waals surface area contributed by atoms with E-state index in [-0.39, 0.29) is 6.10 Å². The topological polar surface area (TPSA) is 67.3 Å². The first-order valence-electron chi connectivity index (χ1n) is 6.95. The first kappa shape index (κ1) is 14.1. The maximum absolute atomic E-state index is 10.3. The van der Waals surface area contributed by atoms with Crippen molar-refractivity contribution in [1.29, 1.82) is 0 Å². The molecular weight excluding hydrogens is 242 g/mol. The van der Waals surface area contributed by atoms with E-state index in [4.69, 9.17) is 4.74 Å². The molecule has 2 rings (SSSR count). The van der Waals surface area contributed by atoms with Crippen molar-refractivity contribution in [3.05, 3.63) is 11.8 Å². The van der Waals surface area contributed by atoms with Gasteiger partial charge in [0.1, 0.15) is 0 Å². The lowest BCUT2D eigenvalue weighted by Gasteiger charge is -2.22. The molecular formula is C14H23N3O2. The summed E-state index contributed by atoms with van der Waals surface area (Å²) >= 11 is 0. The molecule has 1 heterocycles. The van der Waals surface area contributed by atoms with Crippen LogP contribution in [0, 0.1) is 6.92 Å². The van der Waals surface area contributed by atoms with E-state index in [1.54, 1.807) is 0 Å². The van der Waals surface area contributed by atoms with E-state index in [0.717, 1.165) is 31.4 Å². The fraction of sp³-hybridized carbons (Fsp3) is 0.714. The van der Waals surface area contributed by atoms with Crippen molar-refractivity contribution >= 4 is 5.95 Å². The molecule has 2 N–H and O–H groups in total. The fourth-order valence-electron chi connectivity index (χ4n) is 2.37. The average Bonchev–Trinajstić information content (AvgIpc) is 2.73. The molecule has 106 valence electrons. The molecule has 1 aromatic rings. The molecule has 0 aromatic carbocycles. The van der Waals surface area contributed by atoms with Crippen molar-refractivity contribution in [3.8, 4) is 5.88 Å². The van der Waals surface area contributed by atoms with Gasteiger partial charge >= 0.3 is 0 Å². The molecule has 1 aromatic heterocycles. The highest BCUT2D eigenvalue weighted by Crippen LogP contribution is 2.29. The quantitative estimate of drug-likeness (QED) is 0.855. The second-order valence-corrected chi connectivity index (χ2v) is 5.62. The lowest BCUT2D eigenvalue weighted by atomic mass is 10.0. The number of aromatic nitrogens is 2. The van der Waals surface area contributed by atoms with Gasteiger partial charge in [0.2, 0.25) is 11.8 Å². The number of nitrogens with one attached hydrogen (secondary N) is 1. The highest BCUT2D eigenvalue weighted by molar-refractivity contribution is 5.31. The van der Waals surface area contributed by atoms with Crippen LogP contribution in [0.2, 0.25) is 0 Å². The van der Waals surface area contributed by atoms with Gasteiger partial charge in [0.15, 0.2) is 0 Å². The summed E-state index contributed by atoms with van der Waals surface area (Å²) in [6.07, 6.45) is 3.96. The van der Waals surface area contributed by atoms with Gasteiger partial charge in [-0.2, -0.15) is 4.98 Å². The second kappa shape index (κ2) is 5.74. The number of anilines is 1. The standard InChI is InChI=1S/C14H23N3O2/c1-10(2)19-12-8-11(3)16-13(17-12)15-9-14(18)6-4-5-7-14/h8,10,18H,4-7,9H2,1-3H3,(H,15,16,17). The van der Waals surface area contributed by atoms with Crippen LogP contribution in [-0.4, -0.2) is 33.3 Å². The predicted molar refractivity (Wildman–Crippen MR) is 74.4 cm³/mol. The Morgan fingerprint density at radius 2 is 2.05 bits per heavy atom. The molecule has 0 bridgehead atoms. The Morgan fingerprint density at radius 1 is 1.37 bits per heavy atom. The number of nitrogens with zero attached hydrogens (tertiary/aromatic N) is 2. The molecule has 1 aliphatic rings. The summed E-state index contributed by atoms with van der Waals surface area (Å²) < 4.78 is 5.58. The Balaban J connectivity index is 2.01. The Bertz CT molecular complexity index is 429. The summed E-state index contributed by atoms with van der Waals surface area (Å²) in [6, 6.07) is 1.81. The molecule has 0 amide bonds. The van der Waals surface area contributed by atoms with Gasteiger partial charge in [0.05, 0.1) is 11.7 Å². The zero-order chi connectivity index (χ0) is 13.9. The van der Waals surface area contributed by atoms with Crippen LogP contribution in [0.4, 0.5) is 5.95 Å². The third-order valence-corrected chi connectivity index (χ3v) is 3.30. The van der Waals surface area contributed by atoms with E-state index >= 15 is 0 Å². The minimum Gasteiger partial charge on any atom is -0.475 e. The molecule has 1 saturated carbocycles. The first-order chi connectivity index (χ1) is 8.97. The molecule has 5 nitrogen and oxygen atoms in total. The maximum atomic E-state index is 10.3. The molecule has 19 heavy (non-hydrogen) atoms. The number of rotatable bonds is 5. The Kier molecular flexibility index (Phi) is 4.24. The normalized spacial score (nSPS) is 17.7. The minimum absolute atomic E-state index is 0.0844. The van der Waals surface area contributed by atoms with Gasteiger partial charge in [-0.25, -0.2) is 4.98 Å². The number of aliphatic hydroxyl groups is 1. The van der Waals surface area contributed by atoms with E-state index in [0.29, 0.717) is 18.4 Å². The number of aryl methyl sites for hydroxylation is 1. The van der Waals surface area contributed by atoms with E-state index < -0.39 is 5.60 Å². The number of hydrogen-bond acceptors (Lipinski definition) is 5. The average molecular weight is 265 g/mol. The van der Waals surface area contributed by atoms with Crippen LogP contribution in [0.25, 0.3) is 0 Å². The van der Waals surface area contributed by atoms with Gasteiger partial charge in [-0.1, -0.05) is 12.8 Å². The highest BCUT2D eigenvalue weighted by atomic mass is 16.5. The van der Waals surface area contributed by atoms with E-state index in [1.165, 1.54) is 0 Å². The van der Waals surface area contributed by atoms with Crippen molar-refractivity contribution in [2.45, 2.75) is 58.2 Å². The molecule has 1 fully saturated rings. The third kappa shape index (κ3) is 4.06. The van der Waals surface area contributed by atoms with Crippen molar-refractivity contribution in [2.24, 2.45) is 0 Å². The van der Waals surface area contributed by atoms with Crippen LogP contribution in [0.3, 0.4) is 0 Å². The summed E-state index contributed by atoms with van der Waals surface area (Å²) in [5, 5.41) is 13.4. The molecule has 5 heteroatoms. The SMILES string of the molecule is Cc1cc(OC(C)C)nc(NCC2(O)CCCC2)n1. The Morgan fingerprint density at radius 3 is 2.68 bits per heavy atom. The summed E-state index contributed by atoms with van der Waals surface area (Å²) in [5.74, 6) is 1.10. The van der Waals surface area contributed by atoms with Crippen LogP contribution >= 0.6 is 0 Å². The zero-order valence-corrected chi connectivity index (χ0v) is 11.9. The molecule has 0 atom stereocenters. The molecule has 0 radical (unpaired) electrons. The van der Waals surface area contributed by atoms with Crippen molar-refractivity contribution in [2.75, 3.05) is 11.9 Å². The van der Waals surface area contributed by atoms with E-state index in [1.807, 2.05) is 26.8 Å². The third-order valence-electron chi connectivity index (χ3n) is 3.30. The maximum Gasteiger partial charge on any atom is 0.226 e. The van der Waals surface area contributed by atoms with Crippen molar-refractivity contribution < 1.29 is 9.84 Å². The van der Waals surface area contributed by atoms with E-state index in [9.17, 15) is 5.11 Å². The zero-order valence-electron chi connectivity index (χ0n) is 11.9. The number of hydrogen-bond donors (Lipinski definition) is 2. The van der Waals surface area contributed by atoms with Gasteiger partial charge in [0, 0.05) is 18.3 Å². The van der Waals surface area contributed by atoms with Crippen LogP contribution < -0.4 is 10.1 Å². The van der Waals surface area contributed by atoms with Crippen LogP contribution in [0.1, 0.15) is 45.2 Å². The predicted octanol–water partition coefficient (Wildman–Crippen LogP) is 2.29. The Hall–Kier alpha value is -1.36. The summed E-state index contributed by atoms with van der Waals surface area (Å²) in [5.41, 5.74) is 0.248. The van der Waals surface area contributed by atoms with Gasteiger partial charge in [-0.05, 0) is 33.6 Å². The molecule has 0 aliphatic heterocycles. The summed E-state index contributed by atoms with van der Waals surface area (Å²) in [4.78, 5) is 8.63. The highest BCUT2D eigenvalue weighted by Gasteiger charge is 2.30. The summed E-state index contributed by atoms with van der Waals surface area (Å²) in [7, 11) is 0. The van der Waals surface area contributed by atoms with Crippen molar-refractivity contribution in [3.63, 3.8) is 0 Å². The van der Waals surface area contributed by atoms with Crippen LogP contribution in [0.5, 0.6) is 5.88 Å². The molecule has 0 unspecified atom stereocenters. The smallest absolute Gasteiger partial charge is 0.226 e. The fourth-order valence-corrected chi connectivity index (χ4v) is 2.37.